The van der Waals surface area contributed by atoms with E-state index >= 15 is 0 Å². The maximum absolute atomic E-state index is 13.4. The zero-order valence-corrected chi connectivity index (χ0v) is 14.8. The van der Waals surface area contributed by atoms with Crippen LogP contribution in [-0.2, 0) is 0 Å². The van der Waals surface area contributed by atoms with Crippen LogP contribution in [0, 0.1) is 12.7 Å². The van der Waals surface area contributed by atoms with Crippen molar-refractivity contribution in [1.29, 1.82) is 0 Å². The first kappa shape index (κ1) is 17.0. The average molecular weight is 332 g/mol. The van der Waals surface area contributed by atoms with Crippen molar-refractivity contribution >= 4 is 0 Å². The summed E-state index contributed by atoms with van der Waals surface area (Å²) < 4.78 is 18.9. The van der Waals surface area contributed by atoms with Crippen molar-refractivity contribution in [3.05, 3.63) is 35.5 Å². The first-order chi connectivity index (χ1) is 11.5. The van der Waals surface area contributed by atoms with E-state index in [9.17, 15) is 4.39 Å². The van der Waals surface area contributed by atoms with E-state index < -0.39 is 0 Å². The van der Waals surface area contributed by atoms with Crippen molar-refractivity contribution in [1.82, 2.24) is 19.9 Å². The number of piperazine rings is 1. The lowest BCUT2D eigenvalue weighted by Crippen LogP contribution is -2.49. The van der Waals surface area contributed by atoms with Crippen LogP contribution in [0.1, 0.15) is 38.3 Å². The predicted molar refractivity (Wildman–Crippen MR) is 91.1 cm³/mol. The van der Waals surface area contributed by atoms with E-state index in [-0.39, 0.29) is 11.9 Å². The molecule has 5 nitrogen and oxygen atoms in total. The Hall–Kier alpha value is -1.79. The molecule has 1 aromatic carbocycles. The van der Waals surface area contributed by atoms with Gasteiger partial charge in [-0.2, -0.15) is 4.98 Å². The van der Waals surface area contributed by atoms with Gasteiger partial charge in [0, 0.05) is 37.8 Å². The van der Waals surface area contributed by atoms with Gasteiger partial charge in [0.15, 0.2) is 0 Å². The third-order valence-corrected chi connectivity index (χ3v) is 4.84. The molecular weight excluding hydrogens is 307 g/mol. The fourth-order valence-corrected chi connectivity index (χ4v) is 3.10. The minimum absolute atomic E-state index is 0.0853. The summed E-state index contributed by atoms with van der Waals surface area (Å²) >= 11 is 0. The summed E-state index contributed by atoms with van der Waals surface area (Å²) in [7, 11) is 0. The summed E-state index contributed by atoms with van der Waals surface area (Å²) in [5.41, 5.74) is 1.36. The first-order valence-corrected chi connectivity index (χ1v) is 8.54. The van der Waals surface area contributed by atoms with E-state index in [1.54, 1.807) is 19.1 Å². The third-order valence-electron chi connectivity index (χ3n) is 4.84. The van der Waals surface area contributed by atoms with Gasteiger partial charge in [0.2, 0.25) is 11.7 Å². The molecule has 1 aromatic heterocycles. The zero-order valence-electron chi connectivity index (χ0n) is 14.8. The molecule has 0 amide bonds. The van der Waals surface area contributed by atoms with Crippen molar-refractivity contribution in [3.8, 4) is 11.4 Å². The molecule has 2 aromatic rings. The van der Waals surface area contributed by atoms with Crippen LogP contribution >= 0.6 is 0 Å². The van der Waals surface area contributed by atoms with Gasteiger partial charge >= 0.3 is 0 Å². The van der Waals surface area contributed by atoms with E-state index in [0.717, 1.165) is 31.7 Å². The maximum Gasteiger partial charge on any atom is 0.244 e. The lowest BCUT2D eigenvalue weighted by molar-refractivity contribution is 0.0722. The highest BCUT2D eigenvalue weighted by atomic mass is 19.1. The minimum atomic E-state index is -0.223. The zero-order chi connectivity index (χ0) is 17.3. The molecule has 6 heteroatoms. The molecule has 1 fully saturated rings. The summed E-state index contributed by atoms with van der Waals surface area (Å²) in [4.78, 5) is 9.37. The van der Waals surface area contributed by atoms with Crippen LogP contribution in [0.3, 0.4) is 0 Å². The quantitative estimate of drug-likeness (QED) is 0.860. The summed E-state index contributed by atoms with van der Waals surface area (Å²) in [5.74, 6) is 0.907. The Morgan fingerprint density at radius 1 is 1.08 bits per heavy atom. The smallest absolute Gasteiger partial charge is 0.244 e. The molecule has 0 N–H and O–H groups in total. The number of rotatable bonds is 4. The highest BCUT2D eigenvalue weighted by Gasteiger charge is 2.26. The number of nitrogens with zero attached hydrogens (tertiary/aromatic N) is 4. The Morgan fingerprint density at radius 2 is 1.75 bits per heavy atom. The van der Waals surface area contributed by atoms with E-state index in [1.165, 1.54) is 6.07 Å². The number of halogens is 1. The van der Waals surface area contributed by atoms with Crippen LogP contribution in [-0.4, -0.2) is 52.2 Å². The van der Waals surface area contributed by atoms with Gasteiger partial charge in [-0.25, -0.2) is 4.39 Å². The molecule has 1 atom stereocenters. The second kappa shape index (κ2) is 6.99. The molecule has 0 saturated carbocycles. The Labute approximate surface area is 142 Å². The van der Waals surface area contributed by atoms with E-state index in [2.05, 4.69) is 40.7 Å². The molecule has 0 aliphatic carbocycles. The summed E-state index contributed by atoms with van der Waals surface area (Å²) in [6.45, 7) is 12.4. The number of aryl methyl sites for hydroxylation is 1. The molecule has 130 valence electrons. The molecular formula is C18H25FN4O. The topological polar surface area (TPSA) is 45.4 Å². The van der Waals surface area contributed by atoms with E-state index in [1.807, 2.05) is 0 Å². The van der Waals surface area contributed by atoms with Crippen LogP contribution < -0.4 is 0 Å². The normalized spacial score (nSPS) is 18.2. The van der Waals surface area contributed by atoms with Gasteiger partial charge in [-0.05, 0) is 51.5 Å². The van der Waals surface area contributed by atoms with Crippen LogP contribution in [0.2, 0.25) is 0 Å². The molecule has 1 aliphatic heterocycles. The second-order valence-corrected chi connectivity index (χ2v) is 6.76. The number of hydrogen-bond donors (Lipinski definition) is 0. The monoisotopic (exact) mass is 332 g/mol. The Balaban J connectivity index is 1.70. The number of hydrogen-bond acceptors (Lipinski definition) is 5. The Bertz CT molecular complexity index is 692. The van der Waals surface area contributed by atoms with Crippen molar-refractivity contribution in [2.24, 2.45) is 0 Å². The molecule has 1 unspecified atom stereocenters. The summed E-state index contributed by atoms with van der Waals surface area (Å²) in [5, 5.41) is 4.07. The summed E-state index contributed by atoms with van der Waals surface area (Å²) in [6.07, 6.45) is 0. The van der Waals surface area contributed by atoms with Crippen LogP contribution in [0.4, 0.5) is 4.39 Å². The van der Waals surface area contributed by atoms with Gasteiger partial charge in [-0.3, -0.25) is 9.80 Å². The van der Waals surface area contributed by atoms with Crippen molar-refractivity contribution in [2.45, 2.75) is 39.8 Å². The molecule has 1 aliphatic rings. The van der Waals surface area contributed by atoms with Crippen LogP contribution in [0.5, 0.6) is 0 Å². The lowest BCUT2D eigenvalue weighted by Gasteiger charge is -2.38. The maximum atomic E-state index is 13.4. The Kier molecular flexibility index (Phi) is 4.96. The van der Waals surface area contributed by atoms with E-state index in [4.69, 9.17) is 4.52 Å². The van der Waals surface area contributed by atoms with Crippen molar-refractivity contribution < 1.29 is 8.91 Å². The van der Waals surface area contributed by atoms with Crippen LogP contribution in [0.25, 0.3) is 11.4 Å². The standard InChI is InChI=1S/C18H25FN4O/c1-12(2)22-7-9-23(10-8-22)14(4)18-20-17(21-24-18)15-5-6-16(19)13(3)11-15/h5-6,11-12,14H,7-10H2,1-4H3. The second-order valence-electron chi connectivity index (χ2n) is 6.76. The third kappa shape index (κ3) is 3.49. The van der Waals surface area contributed by atoms with Gasteiger partial charge in [0.25, 0.3) is 0 Å². The molecule has 3 rings (SSSR count). The summed E-state index contributed by atoms with van der Waals surface area (Å²) in [6, 6.07) is 5.54. The van der Waals surface area contributed by atoms with Gasteiger partial charge in [0.1, 0.15) is 5.82 Å². The molecule has 24 heavy (non-hydrogen) atoms. The minimum Gasteiger partial charge on any atom is -0.337 e. The van der Waals surface area contributed by atoms with Gasteiger partial charge in [0.05, 0.1) is 6.04 Å². The molecule has 0 radical (unpaired) electrons. The van der Waals surface area contributed by atoms with E-state index in [0.29, 0.717) is 23.3 Å². The largest absolute Gasteiger partial charge is 0.337 e. The van der Waals surface area contributed by atoms with Crippen LogP contribution in [0.15, 0.2) is 22.7 Å². The highest BCUT2D eigenvalue weighted by Crippen LogP contribution is 2.24. The van der Waals surface area contributed by atoms with Crippen molar-refractivity contribution in [2.75, 3.05) is 26.2 Å². The molecule has 0 bridgehead atoms. The van der Waals surface area contributed by atoms with Gasteiger partial charge < -0.3 is 4.52 Å². The highest BCUT2D eigenvalue weighted by molar-refractivity contribution is 5.55. The Morgan fingerprint density at radius 3 is 2.38 bits per heavy atom. The average Bonchev–Trinajstić information content (AvgIpc) is 3.07. The first-order valence-electron chi connectivity index (χ1n) is 8.54. The fourth-order valence-electron chi connectivity index (χ4n) is 3.10. The van der Waals surface area contributed by atoms with Gasteiger partial charge in [-0.15, -0.1) is 0 Å². The molecule has 0 spiro atoms. The SMILES string of the molecule is Cc1cc(-c2noc(C(C)N3CCN(C(C)C)CC3)n2)ccc1F. The predicted octanol–water partition coefficient (Wildman–Crippen LogP) is 3.27. The fraction of sp³-hybridized carbons (Fsp3) is 0.556. The van der Waals surface area contributed by atoms with Gasteiger partial charge in [-0.1, -0.05) is 5.16 Å². The van der Waals surface area contributed by atoms with Crippen molar-refractivity contribution in [3.63, 3.8) is 0 Å². The number of aromatic nitrogens is 2. The number of benzene rings is 1. The molecule has 1 saturated heterocycles. The molecule has 2 heterocycles. The lowest BCUT2D eigenvalue weighted by atomic mass is 10.1.